The molecule has 2 atom stereocenters. The number of nitrogens with two attached hydrogens (primary N) is 1. The minimum Gasteiger partial charge on any atom is -0.384 e. The van der Waals surface area contributed by atoms with Gasteiger partial charge in [-0.3, -0.25) is 4.79 Å². The summed E-state index contributed by atoms with van der Waals surface area (Å²) in [4.78, 5) is 10.8. The average molecular weight is 171 g/mol. The fraction of sp³-hybridized carbons (Fsp3) is 0.889. The Hall–Kier alpha value is -0.410. The molecule has 0 radical (unpaired) electrons. The average Bonchev–Trinajstić information content (AvgIpc) is 2.66. The van der Waals surface area contributed by atoms with Gasteiger partial charge in [0.1, 0.15) is 6.10 Å². The first-order chi connectivity index (χ1) is 5.44. The number of aliphatic hydroxyl groups is 1. The van der Waals surface area contributed by atoms with E-state index >= 15 is 0 Å². The van der Waals surface area contributed by atoms with Crippen LogP contribution < -0.4 is 5.73 Å². The second-order valence-electron chi connectivity index (χ2n) is 4.23. The Balaban J connectivity index is 2.36. The predicted molar refractivity (Wildman–Crippen MR) is 46.6 cm³/mol. The van der Waals surface area contributed by atoms with Crippen molar-refractivity contribution in [1.82, 2.24) is 0 Å². The van der Waals surface area contributed by atoms with E-state index in [-0.39, 0.29) is 11.8 Å². The van der Waals surface area contributed by atoms with Gasteiger partial charge in [0.2, 0.25) is 0 Å². The highest BCUT2D eigenvalue weighted by molar-refractivity contribution is 5.80. The highest BCUT2D eigenvalue weighted by atomic mass is 16.3. The maximum Gasteiger partial charge on any atom is 0.159 e. The van der Waals surface area contributed by atoms with Crippen LogP contribution in [0.5, 0.6) is 0 Å². The minimum atomic E-state index is -0.970. The Morgan fingerprint density at radius 1 is 1.67 bits per heavy atom. The van der Waals surface area contributed by atoms with Crippen LogP contribution in [0.4, 0.5) is 0 Å². The molecule has 3 nitrogen and oxygen atoms in total. The molecule has 0 saturated heterocycles. The van der Waals surface area contributed by atoms with Crippen molar-refractivity contribution < 1.29 is 9.90 Å². The molecule has 0 bridgehead atoms. The molecule has 0 amide bonds. The van der Waals surface area contributed by atoms with Gasteiger partial charge in [0.25, 0.3) is 0 Å². The summed E-state index contributed by atoms with van der Waals surface area (Å²) in [6.07, 6.45) is 2.13. The number of carbonyl (C=O) groups excluding carboxylic acids is 1. The fourth-order valence-corrected chi connectivity index (χ4v) is 1.40. The van der Waals surface area contributed by atoms with E-state index in [0.29, 0.717) is 5.41 Å². The molecular formula is C9H17NO2. The molecule has 70 valence electrons. The molecule has 3 heteroatoms. The highest BCUT2D eigenvalue weighted by Crippen LogP contribution is 2.48. The molecule has 1 aliphatic carbocycles. The van der Waals surface area contributed by atoms with E-state index in [1.54, 1.807) is 0 Å². The van der Waals surface area contributed by atoms with Crippen LogP contribution in [0.1, 0.15) is 33.1 Å². The summed E-state index contributed by atoms with van der Waals surface area (Å²) in [5, 5.41) is 9.31. The second kappa shape index (κ2) is 3.15. The van der Waals surface area contributed by atoms with Crippen LogP contribution in [0.15, 0.2) is 0 Å². The van der Waals surface area contributed by atoms with Gasteiger partial charge in [-0.2, -0.15) is 0 Å². The topological polar surface area (TPSA) is 63.3 Å². The zero-order chi connectivity index (χ0) is 9.35. The Labute approximate surface area is 72.9 Å². The monoisotopic (exact) mass is 171 g/mol. The van der Waals surface area contributed by atoms with Crippen molar-refractivity contribution in [2.45, 2.75) is 45.3 Å². The molecule has 0 heterocycles. The van der Waals surface area contributed by atoms with E-state index in [0.717, 1.165) is 6.42 Å². The second-order valence-corrected chi connectivity index (χ2v) is 4.23. The smallest absolute Gasteiger partial charge is 0.159 e. The van der Waals surface area contributed by atoms with Crippen molar-refractivity contribution in [1.29, 1.82) is 0 Å². The molecule has 1 rings (SSSR count). The maximum atomic E-state index is 10.8. The Morgan fingerprint density at radius 2 is 2.17 bits per heavy atom. The van der Waals surface area contributed by atoms with Crippen molar-refractivity contribution in [3.05, 3.63) is 0 Å². The normalized spacial score (nSPS) is 24.7. The van der Waals surface area contributed by atoms with E-state index in [1.165, 1.54) is 19.8 Å². The van der Waals surface area contributed by atoms with Gasteiger partial charge in [-0.25, -0.2) is 0 Å². The molecule has 1 aliphatic rings. The predicted octanol–water partition coefficient (Wildman–Crippen LogP) is 0.454. The molecule has 12 heavy (non-hydrogen) atoms. The van der Waals surface area contributed by atoms with Gasteiger partial charge < -0.3 is 10.8 Å². The van der Waals surface area contributed by atoms with Gasteiger partial charge in [0.05, 0.1) is 0 Å². The van der Waals surface area contributed by atoms with Gasteiger partial charge in [-0.15, -0.1) is 0 Å². The summed E-state index contributed by atoms with van der Waals surface area (Å²) in [5.74, 6) is -0.230. The zero-order valence-electron chi connectivity index (χ0n) is 7.71. The van der Waals surface area contributed by atoms with Crippen molar-refractivity contribution in [3.8, 4) is 0 Å². The summed E-state index contributed by atoms with van der Waals surface area (Å²) >= 11 is 0. The van der Waals surface area contributed by atoms with Gasteiger partial charge in [0, 0.05) is 6.04 Å². The number of ketones is 1. The van der Waals surface area contributed by atoms with Crippen LogP contribution in [-0.4, -0.2) is 23.0 Å². The third kappa shape index (κ3) is 2.29. The van der Waals surface area contributed by atoms with Crippen LogP contribution in [0.2, 0.25) is 0 Å². The maximum absolute atomic E-state index is 10.8. The molecule has 3 N–H and O–H groups in total. The standard InChI is InChI=1S/C9H17NO2/c1-6(11)8(12)7(10)5-9(2)3-4-9/h7-8,12H,3-5,10H2,1-2H3/t7-,8?/m0/s1. The summed E-state index contributed by atoms with van der Waals surface area (Å²) in [6.45, 7) is 3.51. The van der Waals surface area contributed by atoms with Gasteiger partial charge in [-0.1, -0.05) is 6.92 Å². The van der Waals surface area contributed by atoms with Crippen LogP contribution in [0.3, 0.4) is 0 Å². The number of aliphatic hydroxyl groups excluding tert-OH is 1. The third-order valence-corrected chi connectivity index (χ3v) is 2.65. The lowest BCUT2D eigenvalue weighted by molar-refractivity contribution is -0.126. The number of hydrogen-bond acceptors (Lipinski definition) is 3. The number of Topliss-reactive ketones (excluding diaryl/α,β-unsaturated/α-hetero) is 1. The highest BCUT2D eigenvalue weighted by Gasteiger charge is 2.40. The summed E-state index contributed by atoms with van der Waals surface area (Å²) in [7, 11) is 0. The molecule has 1 unspecified atom stereocenters. The van der Waals surface area contributed by atoms with Gasteiger partial charge in [0.15, 0.2) is 5.78 Å². The van der Waals surface area contributed by atoms with Gasteiger partial charge in [-0.05, 0) is 31.6 Å². The lowest BCUT2D eigenvalue weighted by Crippen LogP contribution is -2.40. The van der Waals surface area contributed by atoms with E-state index in [9.17, 15) is 9.90 Å². The lowest BCUT2D eigenvalue weighted by atomic mass is 9.95. The lowest BCUT2D eigenvalue weighted by Gasteiger charge is -2.19. The first-order valence-corrected chi connectivity index (χ1v) is 4.39. The molecule has 1 fully saturated rings. The summed E-state index contributed by atoms with van der Waals surface area (Å²) in [5.41, 5.74) is 5.97. The van der Waals surface area contributed by atoms with Crippen molar-refractivity contribution in [2.24, 2.45) is 11.1 Å². The number of hydrogen-bond donors (Lipinski definition) is 2. The fourth-order valence-electron chi connectivity index (χ4n) is 1.40. The molecule has 1 saturated carbocycles. The Kier molecular flexibility index (Phi) is 2.54. The molecule has 0 aliphatic heterocycles. The molecular weight excluding hydrogens is 154 g/mol. The molecule has 0 aromatic carbocycles. The quantitative estimate of drug-likeness (QED) is 0.645. The number of carbonyl (C=O) groups is 1. The first kappa shape index (κ1) is 9.68. The van der Waals surface area contributed by atoms with E-state index in [2.05, 4.69) is 6.92 Å². The Bertz CT molecular complexity index is 187. The molecule has 0 spiro atoms. The van der Waals surface area contributed by atoms with E-state index in [4.69, 9.17) is 5.73 Å². The first-order valence-electron chi connectivity index (χ1n) is 4.39. The van der Waals surface area contributed by atoms with E-state index in [1.807, 2.05) is 0 Å². The Morgan fingerprint density at radius 3 is 2.50 bits per heavy atom. The van der Waals surface area contributed by atoms with Crippen LogP contribution in [0.25, 0.3) is 0 Å². The van der Waals surface area contributed by atoms with E-state index < -0.39 is 6.10 Å². The largest absolute Gasteiger partial charge is 0.384 e. The summed E-state index contributed by atoms with van der Waals surface area (Å²) < 4.78 is 0. The van der Waals surface area contributed by atoms with Crippen molar-refractivity contribution in [3.63, 3.8) is 0 Å². The SMILES string of the molecule is CC(=O)C(O)[C@@H](N)CC1(C)CC1. The minimum absolute atomic E-state index is 0.230. The van der Waals surface area contributed by atoms with Crippen molar-refractivity contribution >= 4 is 5.78 Å². The van der Waals surface area contributed by atoms with Crippen LogP contribution in [-0.2, 0) is 4.79 Å². The third-order valence-electron chi connectivity index (χ3n) is 2.65. The summed E-state index contributed by atoms with van der Waals surface area (Å²) in [6, 6.07) is -0.380. The van der Waals surface area contributed by atoms with Crippen LogP contribution in [0, 0.1) is 5.41 Å². The molecule has 0 aromatic heterocycles. The van der Waals surface area contributed by atoms with Crippen LogP contribution >= 0.6 is 0 Å². The zero-order valence-corrected chi connectivity index (χ0v) is 7.71. The van der Waals surface area contributed by atoms with Gasteiger partial charge >= 0.3 is 0 Å². The molecule has 0 aromatic rings. The number of rotatable bonds is 4. The van der Waals surface area contributed by atoms with Crippen molar-refractivity contribution in [2.75, 3.05) is 0 Å².